The number of aromatic nitrogens is 2. The van der Waals surface area contributed by atoms with Crippen molar-refractivity contribution in [3.05, 3.63) is 64.1 Å². The predicted octanol–water partition coefficient (Wildman–Crippen LogP) is 5.80. The normalized spacial score (nSPS) is 11.5. The number of imidazole rings is 1. The second kappa shape index (κ2) is 7.50. The minimum atomic E-state index is -0.298. The Hall–Kier alpha value is -2.70. The third-order valence-corrected chi connectivity index (χ3v) is 6.46. The first-order chi connectivity index (χ1) is 13.2. The lowest BCUT2D eigenvalue weighted by Crippen LogP contribution is -1.97. The second-order valence-electron chi connectivity index (χ2n) is 5.93. The summed E-state index contributed by atoms with van der Waals surface area (Å²) in [6, 6.07) is 14.2. The summed E-state index contributed by atoms with van der Waals surface area (Å²) in [6.45, 7) is 3.01. The molecule has 0 amide bonds. The number of para-hydroxylation sites is 2. The van der Waals surface area contributed by atoms with Gasteiger partial charge in [0.15, 0.2) is 0 Å². The molecular weight excluding hydrogens is 376 g/mol. The van der Waals surface area contributed by atoms with Gasteiger partial charge in [-0.2, -0.15) is 0 Å². The summed E-state index contributed by atoms with van der Waals surface area (Å²) in [5, 5.41) is 1.83. The van der Waals surface area contributed by atoms with Crippen molar-refractivity contribution in [2.24, 2.45) is 0 Å². The van der Waals surface area contributed by atoms with Crippen molar-refractivity contribution in [1.82, 2.24) is 9.55 Å². The van der Waals surface area contributed by atoms with Crippen molar-refractivity contribution in [1.29, 1.82) is 0 Å². The highest BCUT2D eigenvalue weighted by Crippen LogP contribution is 2.34. The van der Waals surface area contributed by atoms with Crippen LogP contribution in [0.25, 0.3) is 32.9 Å². The maximum atomic E-state index is 11.6. The standard InChI is InChI=1S/C21H18N2O2S2/c1-3-23-17-7-5-4-6-16(17)22-20(23)11-9-15-8-10-18(27-15)19-12-14(13-26-19)21(24)25-2/h4-13H,3H2,1-2H3/b11-9+. The number of hydrogen-bond acceptors (Lipinski definition) is 5. The minimum Gasteiger partial charge on any atom is -0.465 e. The van der Waals surface area contributed by atoms with Crippen molar-refractivity contribution in [2.75, 3.05) is 7.11 Å². The Balaban J connectivity index is 1.59. The van der Waals surface area contributed by atoms with Crippen LogP contribution in [-0.2, 0) is 11.3 Å². The molecule has 136 valence electrons. The molecule has 0 N–H and O–H groups in total. The van der Waals surface area contributed by atoms with Gasteiger partial charge in [-0.25, -0.2) is 9.78 Å². The Morgan fingerprint density at radius 3 is 2.85 bits per heavy atom. The van der Waals surface area contributed by atoms with Crippen molar-refractivity contribution in [3.63, 3.8) is 0 Å². The molecule has 0 fully saturated rings. The van der Waals surface area contributed by atoms with Gasteiger partial charge in [0, 0.05) is 26.6 Å². The van der Waals surface area contributed by atoms with Crippen LogP contribution in [-0.4, -0.2) is 22.6 Å². The molecule has 0 radical (unpaired) electrons. The van der Waals surface area contributed by atoms with Crippen LogP contribution < -0.4 is 0 Å². The van der Waals surface area contributed by atoms with Crippen LogP contribution in [0.5, 0.6) is 0 Å². The average molecular weight is 395 g/mol. The zero-order chi connectivity index (χ0) is 18.8. The van der Waals surface area contributed by atoms with Crippen LogP contribution in [0.4, 0.5) is 0 Å². The maximum absolute atomic E-state index is 11.6. The van der Waals surface area contributed by atoms with Crippen LogP contribution in [0.2, 0.25) is 0 Å². The van der Waals surface area contributed by atoms with Crippen molar-refractivity contribution >= 4 is 51.8 Å². The first-order valence-electron chi connectivity index (χ1n) is 8.60. The van der Waals surface area contributed by atoms with Crippen LogP contribution in [0.1, 0.15) is 28.0 Å². The smallest absolute Gasteiger partial charge is 0.338 e. The number of rotatable bonds is 5. The molecule has 4 nitrogen and oxygen atoms in total. The molecule has 27 heavy (non-hydrogen) atoms. The molecule has 0 spiro atoms. The lowest BCUT2D eigenvalue weighted by atomic mass is 10.3. The largest absolute Gasteiger partial charge is 0.465 e. The van der Waals surface area contributed by atoms with Crippen LogP contribution >= 0.6 is 22.7 Å². The molecule has 3 heterocycles. The number of carbonyl (C=O) groups is 1. The van der Waals surface area contributed by atoms with Gasteiger partial charge in [-0.05, 0) is 49.4 Å². The summed E-state index contributed by atoms with van der Waals surface area (Å²) >= 11 is 3.24. The molecule has 4 rings (SSSR count). The third-order valence-electron chi connectivity index (χ3n) is 4.29. The molecule has 0 aliphatic heterocycles. The number of aryl methyl sites for hydroxylation is 1. The van der Waals surface area contributed by atoms with Crippen LogP contribution in [0.3, 0.4) is 0 Å². The average Bonchev–Trinajstić information content (AvgIpc) is 3.42. The van der Waals surface area contributed by atoms with E-state index in [2.05, 4.69) is 41.8 Å². The Morgan fingerprint density at radius 1 is 1.19 bits per heavy atom. The Morgan fingerprint density at radius 2 is 2.04 bits per heavy atom. The van der Waals surface area contributed by atoms with Gasteiger partial charge in [0.05, 0.1) is 23.7 Å². The molecule has 0 aliphatic carbocycles. The highest BCUT2D eigenvalue weighted by Gasteiger charge is 2.11. The van der Waals surface area contributed by atoms with Gasteiger partial charge in [-0.3, -0.25) is 0 Å². The fourth-order valence-electron chi connectivity index (χ4n) is 2.98. The zero-order valence-corrected chi connectivity index (χ0v) is 16.6. The summed E-state index contributed by atoms with van der Waals surface area (Å²) < 4.78 is 6.99. The van der Waals surface area contributed by atoms with E-state index >= 15 is 0 Å². The quantitative estimate of drug-likeness (QED) is 0.402. The number of esters is 1. The number of fused-ring (bicyclic) bond motifs is 1. The van der Waals surface area contributed by atoms with Gasteiger partial charge < -0.3 is 9.30 Å². The van der Waals surface area contributed by atoms with E-state index in [9.17, 15) is 4.79 Å². The number of thiophene rings is 2. The fraction of sp³-hybridized carbons (Fsp3) is 0.143. The Labute approximate surface area is 165 Å². The molecule has 0 bridgehead atoms. The SMILES string of the molecule is CCn1c(/C=C/c2ccc(-c3cc(C(=O)OC)cs3)s2)nc2ccccc21. The van der Waals surface area contributed by atoms with Crippen molar-refractivity contribution in [2.45, 2.75) is 13.5 Å². The van der Waals surface area contributed by atoms with Gasteiger partial charge in [0.2, 0.25) is 0 Å². The summed E-state index contributed by atoms with van der Waals surface area (Å²) in [4.78, 5) is 19.7. The Kier molecular flexibility index (Phi) is 4.92. The first kappa shape index (κ1) is 17.7. The molecule has 0 aliphatic rings. The second-order valence-corrected chi connectivity index (χ2v) is 7.96. The van der Waals surface area contributed by atoms with E-state index in [0.717, 1.165) is 38.0 Å². The summed E-state index contributed by atoms with van der Waals surface area (Å²) in [7, 11) is 1.40. The molecule has 1 aromatic carbocycles. The summed E-state index contributed by atoms with van der Waals surface area (Å²) in [6.07, 6.45) is 4.16. The van der Waals surface area contributed by atoms with E-state index in [-0.39, 0.29) is 5.97 Å². The van der Waals surface area contributed by atoms with Gasteiger partial charge in [-0.1, -0.05) is 12.1 Å². The number of benzene rings is 1. The number of ether oxygens (including phenoxy) is 1. The summed E-state index contributed by atoms with van der Waals surface area (Å²) in [5.41, 5.74) is 2.76. The van der Waals surface area contributed by atoms with Gasteiger partial charge in [0.25, 0.3) is 0 Å². The van der Waals surface area contributed by atoms with E-state index in [0.29, 0.717) is 5.56 Å². The number of hydrogen-bond donors (Lipinski definition) is 0. The maximum Gasteiger partial charge on any atom is 0.338 e. The van der Waals surface area contributed by atoms with Gasteiger partial charge in [-0.15, -0.1) is 22.7 Å². The minimum absolute atomic E-state index is 0.298. The topological polar surface area (TPSA) is 44.1 Å². The molecular formula is C21H18N2O2S2. The van der Waals surface area contributed by atoms with Gasteiger partial charge >= 0.3 is 5.97 Å². The van der Waals surface area contributed by atoms with E-state index in [1.54, 1.807) is 22.7 Å². The summed E-state index contributed by atoms with van der Waals surface area (Å²) in [5.74, 6) is 0.658. The molecule has 3 aromatic heterocycles. The lowest BCUT2D eigenvalue weighted by Gasteiger charge is -2.01. The van der Waals surface area contributed by atoms with E-state index in [4.69, 9.17) is 9.72 Å². The highest BCUT2D eigenvalue weighted by atomic mass is 32.1. The molecule has 0 saturated heterocycles. The molecule has 0 unspecified atom stereocenters. The van der Waals surface area contributed by atoms with Crippen molar-refractivity contribution < 1.29 is 9.53 Å². The number of carbonyl (C=O) groups excluding carboxylic acids is 1. The first-order valence-corrected chi connectivity index (χ1v) is 10.3. The number of nitrogens with zero attached hydrogens (tertiary/aromatic N) is 2. The molecule has 4 aromatic rings. The third kappa shape index (κ3) is 3.46. The van der Waals surface area contributed by atoms with E-state index in [1.807, 2.05) is 29.6 Å². The highest BCUT2D eigenvalue weighted by molar-refractivity contribution is 7.21. The molecule has 0 atom stereocenters. The van der Waals surface area contributed by atoms with Crippen molar-refractivity contribution in [3.8, 4) is 9.75 Å². The number of methoxy groups -OCH3 is 1. The van der Waals surface area contributed by atoms with E-state index in [1.165, 1.54) is 7.11 Å². The molecule has 0 saturated carbocycles. The molecule has 6 heteroatoms. The zero-order valence-electron chi connectivity index (χ0n) is 15.0. The predicted molar refractivity (Wildman–Crippen MR) is 113 cm³/mol. The Bertz CT molecular complexity index is 1130. The monoisotopic (exact) mass is 394 g/mol. The van der Waals surface area contributed by atoms with Crippen LogP contribution in [0.15, 0.2) is 47.8 Å². The fourth-order valence-corrected chi connectivity index (χ4v) is 4.86. The van der Waals surface area contributed by atoms with Crippen LogP contribution in [0, 0.1) is 0 Å². The van der Waals surface area contributed by atoms with E-state index < -0.39 is 0 Å². The van der Waals surface area contributed by atoms with Gasteiger partial charge in [0.1, 0.15) is 5.82 Å². The lowest BCUT2D eigenvalue weighted by molar-refractivity contribution is 0.0601.